The van der Waals surface area contributed by atoms with Crippen molar-refractivity contribution in [2.24, 2.45) is 0 Å². The van der Waals surface area contributed by atoms with Crippen LogP contribution in [0.1, 0.15) is 29.5 Å². The zero-order valence-electron chi connectivity index (χ0n) is 13.8. The van der Waals surface area contributed by atoms with Crippen LogP contribution in [0.5, 0.6) is 5.75 Å². The van der Waals surface area contributed by atoms with Gasteiger partial charge in [-0.15, -0.1) is 13.2 Å². The van der Waals surface area contributed by atoms with Crippen LogP contribution in [0, 0.1) is 6.92 Å². The minimum absolute atomic E-state index is 0.0249. The van der Waals surface area contributed by atoms with Crippen molar-refractivity contribution in [2.75, 3.05) is 5.32 Å². The number of aromatic nitrogens is 1. The van der Waals surface area contributed by atoms with Crippen molar-refractivity contribution in [3.8, 4) is 5.75 Å². The predicted molar refractivity (Wildman–Crippen MR) is 82.5 cm³/mol. The first-order valence-corrected chi connectivity index (χ1v) is 7.49. The molecule has 0 saturated carbocycles. The summed E-state index contributed by atoms with van der Waals surface area (Å²) in [5.74, 6) is -1.27. The first-order valence-electron chi connectivity index (χ1n) is 7.49. The average molecular weight is 372 g/mol. The van der Waals surface area contributed by atoms with Crippen LogP contribution < -0.4 is 10.1 Å². The molecule has 0 aliphatic carbocycles. The van der Waals surface area contributed by atoms with E-state index in [9.17, 15) is 22.8 Å². The van der Waals surface area contributed by atoms with E-state index in [0.717, 1.165) is 24.3 Å². The number of aryl methyl sites for hydroxylation is 1. The first kappa shape index (κ1) is 19.3. The molecule has 2 rings (SSSR count). The third-order valence-corrected chi connectivity index (χ3v) is 3.12. The number of hydrogen-bond acceptors (Lipinski definition) is 6. The Morgan fingerprint density at radius 3 is 2.42 bits per heavy atom. The second-order valence-corrected chi connectivity index (χ2v) is 5.19. The van der Waals surface area contributed by atoms with Crippen LogP contribution in [0.3, 0.4) is 0 Å². The highest BCUT2D eigenvalue weighted by molar-refractivity contribution is 5.97. The van der Waals surface area contributed by atoms with Gasteiger partial charge in [-0.3, -0.25) is 4.79 Å². The minimum Gasteiger partial charge on any atom is -0.449 e. The van der Waals surface area contributed by atoms with Crippen LogP contribution >= 0.6 is 0 Å². The van der Waals surface area contributed by atoms with Gasteiger partial charge in [-0.2, -0.15) is 0 Å². The first-order chi connectivity index (χ1) is 12.2. The molecule has 1 unspecified atom stereocenters. The van der Waals surface area contributed by atoms with Crippen molar-refractivity contribution in [1.29, 1.82) is 0 Å². The summed E-state index contributed by atoms with van der Waals surface area (Å²) in [6.07, 6.45) is -5.75. The summed E-state index contributed by atoms with van der Waals surface area (Å²) < 4.78 is 50.0. The number of benzene rings is 1. The minimum atomic E-state index is -4.83. The Balaban J connectivity index is 1.98. The lowest BCUT2D eigenvalue weighted by atomic mass is 10.2. The van der Waals surface area contributed by atoms with Gasteiger partial charge in [0.15, 0.2) is 11.9 Å². The Kier molecular flexibility index (Phi) is 5.86. The van der Waals surface area contributed by atoms with Gasteiger partial charge in [0.1, 0.15) is 11.5 Å². The molecule has 0 aliphatic heterocycles. The molecule has 26 heavy (non-hydrogen) atoms. The van der Waals surface area contributed by atoms with Gasteiger partial charge in [0.05, 0.1) is 5.56 Å². The number of carbonyl (C=O) groups is 2. The maximum Gasteiger partial charge on any atom is 0.573 e. The molecule has 140 valence electrons. The Bertz CT molecular complexity index is 771. The number of carbonyl (C=O) groups excluding carboxylic acids is 2. The number of hydrogen-bond donors (Lipinski definition) is 1. The van der Waals surface area contributed by atoms with Gasteiger partial charge in [-0.05, 0) is 37.6 Å². The summed E-state index contributed by atoms with van der Waals surface area (Å²) in [6.45, 7) is 3.28. The van der Waals surface area contributed by atoms with E-state index in [2.05, 4.69) is 15.2 Å². The normalized spacial score (nSPS) is 12.3. The van der Waals surface area contributed by atoms with E-state index in [1.54, 1.807) is 13.8 Å². The fraction of sp³-hybridized carbons (Fsp3) is 0.312. The van der Waals surface area contributed by atoms with Crippen LogP contribution in [-0.2, 0) is 9.53 Å². The summed E-state index contributed by atoms with van der Waals surface area (Å²) in [6, 6.07) is 5.66. The van der Waals surface area contributed by atoms with Crippen LogP contribution in [0.25, 0.3) is 0 Å². The molecule has 1 atom stereocenters. The van der Waals surface area contributed by atoms with E-state index in [-0.39, 0.29) is 17.8 Å². The summed E-state index contributed by atoms with van der Waals surface area (Å²) in [7, 11) is 0. The largest absolute Gasteiger partial charge is 0.573 e. The predicted octanol–water partition coefficient (Wildman–Crippen LogP) is 3.46. The Hall–Kier alpha value is -3.04. The maximum atomic E-state index is 12.1. The topological polar surface area (TPSA) is 90.7 Å². The third-order valence-electron chi connectivity index (χ3n) is 3.12. The smallest absolute Gasteiger partial charge is 0.449 e. The number of amides is 1. The molecule has 0 fully saturated rings. The molecular weight excluding hydrogens is 357 g/mol. The lowest BCUT2D eigenvalue weighted by Gasteiger charge is -2.15. The molecule has 7 nitrogen and oxygen atoms in total. The van der Waals surface area contributed by atoms with E-state index >= 15 is 0 Å². The van der Waals surface area contributed by atoms with Crippen LogP contribution in [0.2, 0.25) is 0 Å². The van der Waals surface area contributed by atoms with Crippen LogP contribution in [0.15, 0.2) is 34.9 Å². The molecule has 10 heteroatoms. The van der Waals surface area contributed by atoms with Crippen molar-refractivity contribution in [3.63, 3.8) is 0 Å². The van der Waals surface area contributed by atoms with Gasteiger partial charge in [-0.25, -0.2) is 4.79 Å². The van der Waals surface area contributed by atoms with E-state index in [1.807, 2.05) is 0 Å². The number of esters is 1. The highest BCUT2D eigenvalue weighted by Gasteiger charge is 2.31. The van der Waals surface area contributed by atoms with Crippen LogP contribution in [-0.4, -0.2) is 29.5 Å². The molecule has 0 spiro atoms. The monoisotopic (exact) mass is 372 g/mol. The van der Waals surface area contributed by atoms with Gasteiger partial charge in [0.25, 0.3) is 5.91 Å². The quantitative estimate of drug-likeness (QED) is 0.781. The number of nitrogens with one attached hydrogen (secondary N) is 1. The molecule has 2 aromatic rings. The lowest BCUT2D eigenvalue weighted by molar-refractivity contribution is -0.274. The maximum absolute atomic E-state index is 12.1. The molecule has 1 aromatic heterocycles. The number of ether oxygens (including phenoxy) is 2. The second kappa shape index (κ2) is 7.89. The van der Waals surface area contributed by atoms with Gasteiger partial charge in [0.2, 0.25) is 0 Å². The number of rotatable bonds is 6. The highest BCUT2D eigenvalue weighted by atomic mass is 19.4. The Labute approximate surface area is 146 Å². The standard InChI is InChI=1S/C16H15F3N2O5/c1-3-12(14(22)20-13-8-9(2)26-21-13)24-15(23)10-4-6-11(7-5-10)25-16(17,18)19/h4-8,12H,3H2,1-2H3,(H,20,21,22). The van der Waals surface area contributed by atoms with Crippen molar-refractivity contribution >= 4 is 17.7 Å². The van der Waals surface area contributed by atoms with Crippen LogP contribution in [0.4, 0.5) is 19.0 Å². The molecule has 1 heterocycles. The average Bonchev–Trinajstić information content (AvgIpc) is 2.96. The van der Waals surface area contributed by atoms with Gasteiger partial charge >= 0.3 is 12.3 Å². The molecular formula is C16H15F3N2O5. The van der Waals surface area contributed by atoms with Crippen molar-refractivity contribution < 1.29 is 36.8 Å². The number of nitrogens with zero attached hydrogens (tertiary/aromatic N) is 1. The fourth-order valence-corrected chi connectivity index (χ4v) is 1.94. The van der Waals surface area contributed by atoms with Crippen molar-refractivity contribution in [1.82, 2.24) is 5.16 Å². The molecule has 0 bridgehead atoms. The number of alkyl halides is 3. The zero-order valence-corrected chi connectivity index (χ0v) is 13.8. The SMILES string of the molecule is CCC(OC(=O)c1ccc(OC(F)(F)F)cc1)C(=O)Nc1cc(C)on1. The van der Waals surface area contributed by atoms with Crippen molar-refractivity contribution in [2.45, 2.75) is 32.7 Å². The van der Waals surface area contributed by atoms with E-state index in [0.29, 0.717) is 5.76 Å². The molecule has 0 saturated heterocycles. The third kappa shape index (κ3) is 5.50. The van der Waals surface area contributed by atoms with Gasteiger partial charge in [-0.1, -0.05) is 12.1 Å². The van der Waals surface area contributed by atoms with E-state index in [4.69, 9.17) is 9.26 Å². The Morgan fingerprint density at radius 1 is 1.27 bits per heavy atom. The van der Waals surface area contributed by atoms with E-state index in [1.165, 1.54) is 6.07 Å². The number of anilines is 1. The summed E-state index contributed by atoms with van der Waals surface area (Å²) in [5.41, 5.74) is -0.0249. The summed E-state index contributed by atoms with van der Waals surface area (Å²) in [4.78, 5) is 24.2. The molecule has 1 amide bonds. The summed E-state index contributed by atoms with van der Waals surface area (Å²) >= 11 is 0. The van der Waals surface area contributed by atoms with Crippen molar-refractivity contribution in [3.05, 3.63) is 41.7 Å². The summed E-state index contributed by atoms with van der Waals surface area (Å²) in [5, 5.41) is 6.03. The second-order valence-electron chi connectivity index (χ2n) is 5.19. The lowest BCUT2D eigenvalue weighted by Crippen LogP contribution is -2.32. The number of halogens is 3. The zero-order chi connectivity index (χ0) is 19.3. The molecule has 0 aliphatic rings. The molecule has 0 radical (unpaired) electrons. The van der Waals surface area contributed by atoms with E-state index < -0.39 is 30.1 Å². The van der Waals surface area contributed by atoms with Gasteiger partial charge in [0, 0.05) is 6.07 Å². The Morgan fingerprint density at radius 2 is 1.92 bits per heavy atom. The molecule has 1 N–H and O–H groups in total. The highest BCUT2D eigenvalue weighted by Crippen LogP contribution is 2.23. The van der Waals surface area contributed by atoms with Gasteiger partial charge < -0.3 is 19.3 Å². The molecule has 1 aromatic carbocycles. The fourth-order valence-electron chi connectivity index (χ4n) is 1.94.